The van der Waals surface area contributed by atoms with Crippen LogP contribution in [0.3, 0.4) is 0 Å². The molecule has 0 unspecified atom stereocenters. The number of nitrogens with two attached hydrogens (primary N) is 1. The molecular formula is C24H22N8. The van der Waals surface area contributed by atoms with Crippen LogP contribution in [-0.2, 0) is 6.54 Å². The standard InChI is InChI=1S/C24H22N8/c25-23-21-22(16-6-5-9-26-13-16)30-32(24(21)28-15-27-23)14-17-12-20(31-10-3-4-11-31)29-19-8-2-1-7-18(17)19/h1-2,5-9,12-13,15H,3-4,10-11,14H2,(H2,25,27,28). The Balaban J connectivity index is 1.52. The number of hydrogen-bond donors (Lipinski definition) is 1. The van der Waals surface area contributed by atoms with Crippen molar-refractivity contribution < 1.29 is 0 Å². The lowest BCUT2D eigenvalue weighted by Gasteiger charge is -2.19. The van der Waals surface area contributed by atoms with E-state index in [-0.39, 0.29) is 0 Å². The van der Waals surface area contributed by atoms with Crippen molar-refractivity contribution in [2.75, 3.05) is 23.7 Å². The fourth-order valence-electron chi connectivity index (χ4n) is 4.48. The number of para-hydroxylation sites is 1. The van der Waals surface area contributed by atoms with Gasteiger partial charge in [-0.1, -0.05) is 18.2 Å². The van der Waals surface area contributed by atoms with E-state index in [9.17, 15) is 0 Å². The molecule has 0 aliphatic carbocycles. The third kappa shape index (κ3) is 3.11. The molecule has 1 aliphatic rings. The van der Waals surface area contributed by atoms with Gasteiger partial charge in [0.05, 0.1) is 17.4 Å². The van der Waals surface area contributed by atoms with Crippen LogP contribution in [0.15, 0.2) is 61.2 Å². The van der Waals surface area contributed by atoms with Crippen molar-refractivity contribution in [3.63, 3.8) is 0 Å². The van der Waals surface area contributed by atoms with E-state index in [4.69, 9.17) is 15.8 Å². The molecule has 1 aromatic carbocycles. The minimum Gasteiger partial charge on any atom is -0.383 e. The SMILES string of the molecule is Nc1ncnc2c1c(-c1cccnc1)nn2Cc1cc(N2CCCC2)nc2ccccc12. The average molecular weight is 422 g/mol. The normalized spacial score (nSPS) is 13.9. The van der Waals surface area contributed by atoms with Crippen LogP contribution in [0.4, 0.5) is 11.6 Å². The Morgan fingerprint density at radius 3 is 2.72 bits per heavy atom. The second-order valence-electron chi connectivity index (χ2n) is 8.06. The Bertz CT molecular complexity index is 1420. The molecule has 8 nitrogen and oxygen atoms in total. The zero-order chi connectivity index (χ0) is 21.5. The molecule has 158 valence electrons. The van der Waals surface area contributed by atoms with E-state index in [2.05, 4.69) is 38.1 Å². The largest absolute Gasteiger partial charge is 0.383 e. The molecule has 0 radical (unpaired) electrons. The van der Waals surface area contributed by atoms with E-state index < -0.39 is 0 Å². The first kappa shape index (κ1) is 18.7. The van der Waals surface area contributed by atoms with Gasteiger partial charge in [-0.25, -0.2) is 19.6 Å². The number of aromatic nitrogens is 6. The molecule has 0 saturated carbocycles. The summed E-state index contributed by atoms with van der Waals surface area (Å²) in [7, 11) is 0. The first-order valence-corrected chi connectivity index (χ1v) is 10.8. The van der Waals surface area contributed by atoms with E-state index in [0.717, 1.165) is 52.0 Å². The van der Waals surface area contributed by atoms with Crippen LogP contribution >= 0.6 is 0 Å². The van der Waals surface area contributed by atoms with Gasteiger partial charge >= 0.3 is 0 Å². The Labute approximate surface area is 184 Å². The lowest BCUT2D eigenvalue weighted by atomic mass is 10.1. The van der Waals surface area contributed by atoms with Gasteiger partial charge in [-0.15, -0.1) is 0 Å². The molecule has 5 heterocycles. The number of nitrogens with zero attached hydrogens (tertiary/aromatic N) is 7. The maximum atomic E-state index is 6.26. The van der Waals surface area contributed by atoms with E-state index in [1.54, 1.807) is 12.4 Å². The number of benzene rings is 1. The topological polar surface area (TPSA) is 98.6 Å². The van der Waals surface area contributed by atoms with Crippen LogP contribution in [0, 0.1) is 0 Å². The van der Waals surface area contributed by atoms with Crippen LogP contribution in [0.2, 0.25) is 0 Å². The Morgan fingerprint density at radius 1 is 1.00 bits per heavy atom. The molecule has 1 aliphatic heterocycles. The van der Waals surface area contributed by atoms with Crippen molar-refractivity contribution >= 4 is 33.6 Å². The number of rotatable bonds is 4. The van der Waals surface area contributed by atoms with Crippen LogP contribution in [0.25, 0.3) is 33.2 Å². The van der Waals surface area contributed by atoms with E-state index >= 15 is 0 Å². The third-order valence-electron chi connectivity index (χ3n) is 6.03. The first-order chi connectivity index (χ1) is 15.8. The second kappa shape index (κ2) is 7.56. The molecule has 4 aromatic heterocycles. The summed E-state index contributed by atoms with van der Waals surface area (Å²) in [4.78, 5) is 20.3. The molecule has 5 aromatic rings. The predicted molar refractivity (Wildman–Crippen MR) is 125 cm³/mol. The van der Waals surface area contributed by atoms with Crippen LogP contribution in [-0.4, -0.2) is 42.8 Å². The van der Waals surface area contributed by atoms with Gasteiger partial charge in [0.25, 0.3) is 0 Å². The van der Waals surface area contributed by atoms with E-state index in [1.807, 2.05) is 28.9 Å². The summed E-state index contributed by atoms with van der Waals surface area (Å²) in [5.41, 5.74) is 10.7. The number of pyridine rings is 2. The number of nitrogen functional groups attached to an aromatic ring is 1. The molecule has 1 fully saturated rings. The molecule has 6 rings (SSSR count). The van der Waals surface area contributed by atoms with Crippen LogP contribution in [0.1, 0.15) is 18.4 Å². The molecule has 0 atom stereocenters. The summed E-state index contributed by atoms with van der Waals surface area (Å²) in [5, 5.41) is 6.77. The van der Waals surface area contributed by atoms with Gasteiger partial charge in [-0.05, 0) is 42.7 Å². The average Bonchev–Trinajstić information content (AvgIpc) is 3.49. The molecule has 8 heteroatoms. The van der Waals surface area contributed by atoms with Gasteiger partial charge in [-0.3, -0.25) is 4.98 Å². The Morgan fingerprint density at radius 2 is 1.88 bits per heavy atom. The van der Waals surface area contributed by atoms with Gasteiger partial charge in [0, 0.05) is 36.4 Å². The van der Waals surface area contributed by atoms with Gasteiger partial charge in [0.1, 0.15) is 23.7 Å². The van der Waals surface area contributed by atoms with Gasteiger partial charge in [-0.2, -0.15) is 5.10 Å². The van der Waals surface area contributed by atoms with Crippen LogP contribution < -0.4 is 10.6 Å². The summed E-state index contributed by atoms with van der Waals surface area (Å²) >= 11 is 0. The first-order valence-electron chi connectivity index (χ1n) is 10.8. The monoisotopic (exact) mass is 422 g/mol. The van der Waals surface area contributed by atoms with Gasteiger partial charge in [0.15, 0.2) is 5.65 Å². The maximum absolute atomic E-state index is 6.26. The minimum atomic E-state index is 0.414. The molecule has 0 bridgehead atoms. The van der Waals surface area contributed by atoms with Crippen molar-refractivity contribution in [1.82, 2.24) is 29.7 Å². The quantitative estimate of drug-likeness (QED) is 0.472. The lowest BCUT2D eigenvalue weighted by Crippen LogP contribution is -2.19. The van der Waals surface area contributed by atoms with Crippen molar-refractivity contribution in [2.24, 2.45) is 0 Å². The van der Waals surface area contributed by atoms with Crippen molar-refractivity contribution in [1.29, 1.82) is 0 Å². The number of anilines is 2. The second-order valence-corrected chi connectivity index (χ2v) is 8.06. The molecule has 0 spiro atoms. The highest BCUT2D eigenvalue weighted by atomic mass is 15.3. The summed E-state index contributed by atoms with van der Waals surface area (Å²) in [5.74, 6) is 1.44. The summed E-state index contributed by atoms with van der Waals surface area (Å²) < 4.78 is 1.91. The van der Waals surface area contributed by atoms with Gasteiger partial charge in [0.2, 0.25) is 0 Å². The number of fused-ring (bicyclic) bond motifs is 2. The Kier molecular flexibility index (Phi) is 4.41. The third-order valence-corrected chi connectivity index (χ3v) is 6.03. The van der Waals surface area contributed by atoms with Crippen LogP contribution in [0.5, 0.6) is 0 Å². The fourth-order valence-corrected chi connectivity index (χ4v) is 4.48. The van der Waals surface area contributed by atoms with Gasteiger partial charge < -0.3 is 10.6 Å². The molecule has 0 amide bonds. The molecular weight excluding hydrogens is 400 g/mol. The zero-order valence-electron chi connectivity index (χ0n) is 17.5. The minimum absolute atomic E-state index is 0.414. The summed E-state index contributed by atoms with van der Waals surface area (Å²) in [6.07, 6.45) is 7.43. The highest BCUT2D eigenvalue weighted by Crippen LogP contribution is 2.31. The lowest BCUT2D eigenvalue weighted by molar-refractivity contribution is 0.709. The summed E-state index contributed by atoms with van der Waals surface area (Å²) in [6.45, 7) is 2.64. The van der Waals surface area contributed by atoms with E-state index in [1.165, 1.54) is 19.2 Å². The molecule has 1 saturated heterocycles. The maximum Gasteiger partial charge on any atom is 0.164 e. The van der Waals surface area contributed by atoms with Crippen molar-refractivity contribution in [2.45, 2.75) is 19.4 Å². The summed E-state index contributed by atoms with van der Waals surface area (Å²) in [6, 6.07) is 14.3. The zero-order valence-corrected chi connectivity index (χ0v) is 17.5. The van der Waals surface area contributed by atoms with Crippen molar-refractivity contribution in [3.8, 4) is 11.3 Å². The highest BCUT2D eigenvalue weighted by molar-refractivity contribution is 5.98. The smallest absolute Gasteiger partial charge is 0.164 e. The molecule has 32 heavy (non-hydrogen) atoms. The van der Waals surface area contributed by atoms with Crippen molar-refractivity contribution in [3.05, 3.63) is 66.7 Å². The Hall–Kier alpha value is -4.07. The predicted octanol–water partition coefficient (Wildman–Crippen LogP) is 3.67. The fraction of sp³-hybridized carbons (Fsp3) is 0.208. The van der Waals surface area contributed by atoms with E-state index in [0.29, 0.717) is 18.0 Å². The number of hydrogen-bond acceptors (Lipinski definition) is 7. The highest BCUT2D eigenvalue weighted by Gasteiger charge is 2.20. The molecule has 2 N–H and O–H groups in total.